The van der Waals surface area contributed by atoms with Crippen molar-refractivity contribution in [1.82, 2.24) is 0 Å². The first-order valence-corrected chi connectivity index (χ1v) is 6.15. The summed E-state index contributed by atoms with van der Waals surface area (Å²) in [6.45, 7) is -2.58. The summed E-state index contributed by atoms with van der Waals surface area (Å²) in [5.74, 6) is -1.32. The molecule has 0 fully saturated rings. The van der Waals surface area contributed by atoms with Crippen LogP contribution in [0.1, 0.15) is 5.56 Å². The van der Waals surface area contributed by atoms with Crippen molar-refractivity contribution >= 4 is 17.3 Å². The smallest absolute Gasteiger partial charge is 0.387 e. The van der Waals surface area contributed by atoms with Gasteiger partial charge in [-0.1, -0.05) is 23.7 Å². The molecule has 0 bridgehead atoms. The first kappa shape index (κ1) is 14.5. The van der Waals surface area contributed by atoms with Gasteiger partial charge in [-0.3, -0.25) is 0 Å². The standard InChI is InChI=1S/C14H11ClF3NO/c15-10-3-1-9(2-4-10)8-19-11-5-6-13(12(16)7-11)20-14(17)18/h1-7,14,19H,8H2. The normalized spacial score (nSPS) is 10.7. The quantitative estimate of drug-likeness (QED) is 0.865. The molecule has 0 amide bonds. The van der Waals surface area contributed by atoms with E-state index in [1.807, 2.05) is 12.1 Å². The fourth-order valence-corrected chi connectivity index (χ4v) is 1.73. The summed E-state index contributed by atoms with van der Waals surface area (Å²) >= 11 is 5.76. The number of ether oxygens (including phenoxy) is 1. The van der Waals surface area contributed by atoms with Gasteiger partial charge in [0.1, 0.15) is 0 Å². The third-order valence-electron chi connectivity index (χ3n) is 2.56. The summed E-state index contributed by atoms with van der Waals surface area (Å²) in [7, 11) is 0. The average Bonchev–Trinajstić information content (AvgIpc) is 2.40. The van der Waals surface area contributed by atoms with Crippen LogP contribution in [0.25, 0.3) is 0 Å². The van der Waals surface area contributed by atoms with Crippen LogP contribution in [0.4, 0.5) is 18.9 Å². The Bertz CT molecular complexity index is 575. The van der Waals surface area contributed by atoms with Crippen LogP contribution in [0.5, 0.6) is 5.75 Å². The van der Waals surface area contributed by atoms with E-state index in [0.717, 1.165) is 17.7 Å². The molecule has 6 heteroatoms. The van der Waals surface area contributed by atoms with Gasteiger partial charge >= 0.3 is 6.61 Å². The molecule has 2 aromatic carbocycles. The number of anilines is 1. The second kappa shape index (κ2) is 6.52. The first-order valence-electron chi connectivity index (χ1n) is 5.77. The maximum atomic E-state index is 13.5. The van der Waals surface area contributed by atoms with Crippen molar-refractivity contribution in [3.05, 3.63) is 58.9 Å². The van der Waals surface area contributed by atoms with Crippen molar-refractivity contribution in [2.75, 3.05) is 5.32 Å². The second-order valence-electron chi connectivity index (χ2n) is 4.00. The highest BCUT2D eigenvalue weighted by Crippen LogP contribution is 2.23. The van der Waals surface area contributed by atoms with Gasteiger partial charge in [0.2, 0.25) is 0 Å². The van der Waals surface area contributed by atoms with E-state index in [4.69, 9.17) is 11.6 Å². The number of alkyl halides is 2. The van der Waals surface area contributed by atoms with Crippen molar-refractivity contribution < 1.29 is 17.9 Å². The van der Waals surface area contributed by atoms with Gasteiger partial charge < -0.3 is 10.1 Å². The predicted molar refractivity (Wildman–Crippen MR) is 71.8 cm³/mol. The summed E-state index contributed by atoms with van der Waals surface area (Å²) in [6.07, 6.45) is 0. The lowest BCUT2D eigenvalue weighted by molar-refractivity contribution is -0.0521. The predicted octanol–water partition coefficient (Wildman–Crippen LogP) is 4.69. The molecule has 0 unspecified atom stereocenters. The maximum Gasteiger partial charge on any atom is 0.387 e. The van der Waals surface area contributed by atoms with E-state index in [1.165, 1.54) is 6.07 Å². The average molecular weight is 302 g/mol. The molecular formula is C14H11ClF3NO. The Hall–Kier alpha value is -1.88. The fraction of sp³-hybridized carbons (Fsp3) is 0.143. The third kappa shape index (κ3) is 4.06. The molecule has 0 aliphatic heterocycles. The second-order valence-corrected chi connectivity index (χ2v) is 4.44. The maximum absolute atomic E-state index is 13.5. The summed E-state index contributed by atoms with van der Waals surface area (Å²) in [4.78, 5) is 0. The van der Waals surface area contributed by atoms with Crippen LogP contribution >= 0.6 is 11.6 Å². The van der Waals surface area contributed by atoms with Crippen LogP contribution in [0.3, 0.4) is 0 Å². The summed E-state index contributed by atoms with van der Waals surface area (Å²) in [5, 5.41) is 3.61. The molecule has 2 aromatic rings. The Kier molecular flexibility index (Phi) is 4.74. The summed E-state index contributed by atoms with van der Waals surface area (Å²) < 4.78 is 41.5. The molecule has 2 nitrogen and oxygen atoms in total. The number of rotatable bonds is 5. The monoisotopic (exact) mass is 301 g/mol. The SMILES string of the molecule is Fc1cc(NCc2ccc(Cl)cc2)ccc1OC(F)F. The van der Waals surface area contributed by atoms with Gasteiger partial charge in [0.25, 0.3) is 0 Å². The van der Waals surface area contributed by atoms with Crippen molar-refractivity contribution in [2.24, 2.45) is 0 Å². The van der Waals surface area contributed by atoms with E-state index in [0.29, 0.717) is 17.3 Å². The molecule has 0 atom stereocenters. The van der Waals surface area contributed by atoms with Gasteiger partial charge in [-0.2, -0.15) is 8.78 Å². The van der Waals surface area contributed by atoms with E-state index >= 15 is 0 Å². The molecule has 0 aromatic heterocycles. The van der Waals surface area contributed by atoms with Gasteiger partial charge in [-0.15, -0.1) is 0 Å². The molecule has 0 aliphatic rings. The molecule has 0 radical (unpaired) electrons. The molecule has 0 spiro atoms. The molecule has 0 heterocycles. The summed E-state index contributed by atoms with van der Waals surface area (Å²) in [5.41, 5.74) is 1.43. The lowest BCUT2D eigenvalue weighted by atomic mass is 10.2. The molecule has 0 saturated carbocycles. The van der Waals surface area contributed by atoms with Crippen molar-refractivity contribution in [1.29, 1.82) is 0 Å². The van der Waals surface area contributed by atoms with E-state index in [1.54, 1.807) is 12.1 Å². The Morgan fingerprint density at radius 2 is 1.80 bits per heavy atom. The highest BCUT2D eigenvalue weighted by atomic mass is 35.5. The molecule has 0 aliphatic carbocycles. The topological polar surface area (TPSA) is 21.3 Å². The largest absolute Gasteiger partial charge is 0.432 e. The Morgan fingerprint density at radius 3 is 2.40 bits per heavy atom. The van der Waals surface area contributed by atoms with Gasteiger partial charge in [0.15, 0.2) is 11.6 Å². The van der Waals surface area contributed by atoms with Crippen molar-refractivity contribution in [2.45, 2.75) is 13.2 Å². The zero-order valence-corrected chi connectivity index (χ0v) is 11.0. The Labute approximate surface area is 119 Å². The minimum atomic E-state index is -3.04. The van der Waals surface area contributed by atoms with Crippen LogP contribution in [0.2, 0.25) is 5.02 Å². The van der Waals surface area contributed by atoms with E-state index in [2.05, 4.69) is 10.1 Å². The lowest BCUT2D eigenvalue weighted by Crippen LogP contribution is -2.04. The van der Waals surface area contributed by atoms with Crippen LogP contribution in [-0.4, -0.2) is 6.61 Å². The number of hydrogen-bond acceptors (Lipinski definition) is 2. The molecule has 0 saturated heterocycles. The zero-order valence-electron chi connectivity index (χ0n) is 10.2. The molecule has 1 N–H and O–H groups in total. The molecule has 106 valence electrons. The first-order chi connectivity index (χ1) is 9.54. The number of benzene rings is 2. The molecular weight excluding hydrogens is 291 g/mol. The van der Waals surface area contributed by atoms with Crippen LogP contribution < -0.4 is 10.1 Å². The van der Waals surface area contributed by atoms with Gasteiger partial charge in [0.05, 0.1) is 0 Å². The van der Waals surface area contributed by atoms with Crippen LogP contribution in [0.15, 0.2) is 42.5 Å². The van der Waals surface area contributed by atoms with E-state index in [-0.39, 0.29) is 0 Å². The van der Waals surface area contributed by atoms with Crippen molar-refractivity contribution in [3.63, 3.8) is 0 Å². The van der Waals surface area contributed by atoms with Gasteiger partial charge in [-0.05, 0) is 29.8 Å². The van der Waals surface area contributed by atoms with Gasteiger partial charge in [0, 0.05) is 23.3 Å². The molecule has 2 rings (SSSR count). The van der Waals surface area contributed by atoms with Gasteiger partial charge in [-0.25, -0.2) is 4.39 Å². The van der Waals surface area contributed by atoms with E-state index in [9.17, 15) is 13.2 Å². The highest BCUT2D eigenvalue weighted by molar-refractivity contribution is 6.30. The number of halogens is 4. The zero-order chi connectivity index (χ0) is 14.5. The lowest BCUT2D eigenvalue weighted by Gasteiger charge is -2.09. The summed E-state index contributed by atoms with van der Waals surface area (Å²) in [6, 6.07) is 10.9. The Balaban J connectivity index is 1.99. The van der Waals surface area contributed by atoms with Crippen molar-refractivity contribution in [3.8, 4) is 5.75 Å². The number of nitrogens with one attached hydrogen (secondary N) is 1. The van der Waals surface area contributed by atoms with E-state index < -0.39 is 18.2 Å². The molecule has 20 heavy (non-hydrogen) atoms. The number of hydrogen-bond donors (Lipinski definition) is 1. The minimum absolute atomic E-state index is 0.464. The van der Waals surface area contributed by atoms with Crippen LogP contribution in [0, 0.1) is 5.82 Å². The fourth-order valence-electron chi connectivity index (χ4n) is 1.61. The van der Waals surface area contributed by atoms with Crippen LogP contribution in [-0.2, 0) is 6.54 Å². The minimum Gasteiger partial charge on any atom is -0.432 e. The Morgan fingerprint density at radius 1 is 1.10 bits per heavy atom. The highest BCUT2D eigenvalue weighted by Gasteiger charge is 2.10. The third-order valence-corrected chi connectivity index (χ3v) is 2.81.